The number of nitrogens with zero attached hydrogens (tertiary/aromatic N) is 3. The van der Waals surface area contributed by atoms with Gasteiger partial charge in [-0.05, 0) is 36.8 Å². The van der Waals surface area contributed by atoms with E-state index in [1.165, 1.54) is 22.4 Å². The monoisotopic (exact) mass is 362 g/mol. The standard InChI is InChI=1S/C20H18N4OS/c25-19-17-15-8-4-5-9-16(15)26-20(17)23-18(22-19)14-10-21-24(12-14)11-13-6-2-1-3-7-13/h1-3,6-7,10,12H,4-5,8-9,11H2,(H,22,23,25). The maximum Gasteiger partial charge on any atom is 0.260 e. The second-order valence-corrected chi connectivity index (χ2v) is 7.80. The summed E-state index contributed by atoms with van der Waals surface area (Å²) in [6.07, 6.45) is 8.13. The molecule has 1 N–H and O–H groups in total. The second-order valence-electron chi connectivity index (χ2n) is 6.72. The van der Waals surface area contributed by atoms with Gasteiger partial charge in [0.05, 0.1) is 23.7 Å². The fourth-order valence-electron chi connectivity index (χ4n) is 3.64. The molecule has 0 amide bonds. The number of benzene rings is 1. The molecule has 6 heteroatoms. The molecule has 0 spiro atoms. The van der Waals surface area contributed by atoms with Gasteiger partial charge in [-0.1, -0.05) is 30.3 Å². The molecule has 0 fully saturated rings. The summed E-state index contributed by atoms with van der Waals surface area (Å²) >= 11 is 1.67. The molecule has 0 unspecified atom stereocenters. The van der Waals surface area contributed by atoms with Crippen molar-refractivity contribution in [1.82, 2.24) is 19.7 Å². The van der Waals surface area contributed by atoms with Crippen LogP contribution in [0.2, 0.25) is 0 Å². The summed E-state index contributed by atoms with van der Waals surface area (Å²) in [6.45, 7) is 0.695. The van der Waals surface area contributed by atoms with Crippen LogP contribution in [0.5, 0.6) is 0 Å². The zero-order valence-corrected chi connectivity index (χ0v) is 15.1. The second kappa shape index (κ2) is 6.21. The number of fused-ring (bicyclic) bond motifs is 3. The first kappa shape index (κ1) is 15.5. The zero-order valence-electron chi connectivity index (χ0n) is 14.2. The van der Waals surface area contributed by atoms with Crippen LogP contribution in [0.25, 0.3) is 21.6 Å². The van der Waals surface area contributed by atoms with Crippen molar-refractivity contribution < 1.29 is 0 Å². The van der Waals surface area contributed by atoms with Gasteiger partial charge < -0.3 is 4.98 Å². The van der Waals surface area contributed by atoms with Crippen molar-refractivity contribution in [3.63, 3.8) is 0 Å². The lowest BCUT2D eigenvalue weighted by Gasteiger charge is -2.09. The van der Waals surface area contributed by atoms with Crippen molar-refractivity contribution in [2.45, 2.75) is 32.2 Å². The van der Waals surface area contributed by atoms with Gasteiger partial charge in [-0.25, -0.2) is 4.98 Å². The van der Waals surface area contributed by atoms with Gasteiger partial charge in [0.25, 0.3) is 5.56 Å². The largest absolute Gasteiger partial charge is 0.306 e. The third kappa shape index (κ3) is 2.66. The number of aromatic amines is 1. The Kier molecular flexibility index (Phi) is 3.71. The number of hydrogen-bond donors (Lipinski definition) is 1. The summed E-state index contributed by atoms with van der Waals surface area (Å²) < 4.78 is 1.87. The van der Waals surface area contributed by atoms with Gasteiger partial charge >= 0.3 is 0 Å². The Morgan fingerprint density at radius 1 is 1.15 bits per heavy atom. The van der Waals surface area contributed by atoms with E-state index in [0.29, 0.717) is 12.4 Å². The molecule has 0 saturated carbocycles. The van der Waals surface area contributed by atoms with E-state index in [4.69, 9.17) is 4.98 Å². The van der Waals surface area contributed by atoms with E-state index in [1.54, 1.807) is 17.5 Å². The van der Waals surface area contributed by atoms with E-state index in [0.717, 1.165) is 35.0 Å². The third-order valence-corrected chi connectivity index (χ3v) is 6.10. The molecule has 0 saturated heterocycles. The Bertz CT molecular complexity index is 1140. The lowest BCUT2D eigenvalue weighted by molar-refractivity contribution is 0.687. The highest BCUT2D eigenvalue weighted by molar-refractivity contribution is 7.18. The predicted octanol–water partition coefficient (Wildman–Crippen LogP) is 3.78. The lowest BCUT2D eigenvalue weighted by Crippen LogP contribution is -2.11. The highest BCUT2D eigenvalue weighted by Gasteiger charge is 2.20. The topological polar surface area (TPSA) is 63.6 Å². The normalized spacial score (nSPS) is 13.8. The Balaban J connectivity index is 1.52. The molecule has 3 aromatic heterocycles. The van der Waals surface area contributed by atoms with Crippen LogP contribution < -0.4 is 5.56 Å². The summed E-state index contributed by atoms with van der Waals surface area (Å²) in [5, 5.41) is 5.22. The molecule has 1 aromatic carbocycles. The van der Waals surface area contributed by atoms with Crippen LogP contribution >= 0.6 is 11.3 Å². The van der Waals surface area contributed by atoms with Crippen molar-refractivity contribution in [1.29, 1.82) is 0 Å². The first-order valence-corrected chi connectivity index (χ1v) is 9.71. The van der Waals surface area contributed by atoms with Crippen molar-refractivity contribution in [3.8, 4) is 11.4 Å². The Morgan fingerprint density at radius 3 is 2.88 bits per heavy atom. The number of nitrogens with one attached hydrogen (secondary N) is 1. The highest BCUT2D eigenvalue weighted by Crippen LogP contribution is 2.34. The van der Waals surface area contributed by atoms with E-state index in [-0.39, 0.29) is 5.56 Å². The molecule has 0 bridgehead atoms. The molecule has 130 valence electrons. The first-order valence-electron chi connectivity index (χ1n) is 8.89. The molecule has 3 heterocycles. The van der Waals surface area contributed by atoms with Crippen LogP contribution in [-0.4, -0.2) is 19.7 Å². The fourth-order valence-corrected chi connectivity index (χ4v) is 4.91. The van der Waals surface area contributed by atoms with E-state index in [9.17, 15) is 4.79 Å². The third-order valence-electron chi connectivity index (χ3n) is 4.92. The SMILES string of the molecule is O=c1[nH]c(-c2cnn(Cc3ccccc3)c2)nc2sc3c(c12)CCCC3. The Labute approximate surface area is 154 Å². The number of thiophene rings is 1. The highest BCUT2D eigenvalue weighted by atomic mass is 32.1. The van der Waals surface area contributed by atoms with Crippen LogP contribution in [0.15, 0.2) is 47.5 Å². The molecule has 4 aromatic rings. The number of rotatable bonds is 3. The fraction of sp³-hybridized carbons (Fsp3) is 0.250. The van der Waals surface area contributed by atoms with E-state index < -0.39 is 0 Å². The molecular weight excluding hydrogens is 344 g/mol. The quantitative estimate of drug-likeness (QED) is 0.603. The molecular formula is C20H18N4OS. The minimum absolute atomic E-state index is 0.0276. The van der Waals surface area contributed by atoms with Crippen LogP contribution in [0.3, 0.4) is 0 Å². The number of aryl methyl sites for hydroxylation is 2. The molecule has 5 rings (SSSR count). The van der Waals surface area contributed by atoms with Crippen molar-refractivity contribution in [2.24, 2.45) is 0 Å². The van der Waals surface area contributed by atoms with Gasteiger partial charge in [-0.3, -0.25) is 9.48 Å². The lowest BCUT2D eigenvalue weighted by atomic mass is 9.97. The minimum atomic E-state index is -0.0276. The zero-order chi connectivity index (χ0) is 17.5. The Hall–Kier alpha value is -2.73. The van der Waals surface area contributed by atoms with Crippen LogP contribution in [0, 0.1) is 0 Å². The summed E-state index contributed by atoms with van der Waals surface area (Å²) in [7, 11) is 0. The van der Waals surface area contributed by atoms with E-state index in [2.05, 4.69) is 22.2 Å². The summed E-state index contributed by atoms with van der Waals surface area (Å²) in [5.74, 6) is 0.598. The van der Waals surface area contributed by atoms with Crippen molar-refractivity contribution in [3.05, 3.63) is 69.1 Å². The number of aromatic nitrogens is 4. The molecule has 5 nitrogen and oxygen atoms in total. The van der Waals surface area contributed by atoms with Gasteiger partial charge in [-0.15, -0.1) is 11.3 Å². The van der Waals surface area contributed by atoms with Crippen LogP contribution in [0.1, 0.15) is 28.8 Å². The maximum atomic E-state index is 12.7. The van der Waals surface area contributed by atoms with Gasteiger partial charge in [-0.2, -0.15) is 5.10 Å². The molecule has 0 aliphatic heterocycles. The van der Waals surface area contributed by atoms with Crippen molar-refractivity contribution in [2.75, 3.05) is 0 Å². The molecule has 1 aliphatic carbocycles. The van der Waals surface area contributed by atoms with Gasteiger partial charge in [0.15, 0.2) is 0 Å². The number of H-pyrrole nitrogens is 1. The minimum Gasteiger partial charge on any atom is -0.306 e. The molecule has 1 aliphatic rings. The summed E-state index contributed by atoms with van der Waals surface area (Å²) in [4.78, 5) is 22.6. The smallest absolute Gasteiger partial charge is 0.260 e. The predicted molar refractivity (Wildman–Crippen MR) is 104 cm³/mol. The summed E-state index contributed by atoms with van der Waals surface area (Å²) in [5.41, 5.74) is 3.22. The molecule has 26 heavy (non-hydrogen) atoms. The average molecular weight is 362 g/mol. The van der Waals surface area contributed by atoms with Gasteiger partial charge in [0.1, 0.15) is 10.7 Å². The Morgan fingerprint density at radius 2 is 2.00 bits per heavy atom. The van der Waals surface area contributed by atoms with Crippen LogP contribution in [0.4, 0.5) is 0 Å². The molecule has 0 radical (unpaired) electrons. The maximum absolute atomic E-state index is 12.7. The van der Waals surface area contributed by atoms with Crippen LogP contribution in [-0.2, 0) is 19.4 Å². The average Bonchev–Trinajstić information content (AvgIpc) is 3.27. The van der Waals surface area contributed by atoms with E-state index >= 15 is 0 Å². The summed E-state index contributed by atoms with van der Waals surface area (Å²) in [6, 6.07) is 10.2. The number of hydrogen-bond acceptors (Lipinski definition) is 4. The van der Waals surface area contributed by atoms with Gasteiger partial charge in [0.2, 0.25) is 0 Å². The van der Waals surface area contributed by atoms with Crippen molar-refractivity contribution >= 4 is 21.6 Å². The van der Waals surface area contributed by atoms with Gasteiger partial charge in [0, 0.05) is 11.1 Å². The molecule has 0 atom stereocenters. The first-order chi connectivity index (χ1) is 12.8. The van der Waals surface area contributed by atoms with E-state index in [1.807, 2.05) is 29.1 Å².